The molecule has 3 heterocycles. The lowest BCUT2D eigenvalue weighted by molar-refractivity contribution is 0.0970. The Kier molecular flexibility index (Phi) is 3.95. The molecule has 1 aliphatic rings. The van der Waals surface area contributed by atoms with Crippen LogP contribution in [0.15, 0.2) is 57.2 Å². The number of nitrogens with zero attached hydrogens (tertiary/aromatic N) is 3. The number of carbonyl (C=O) groups is 1. The Morgan fingerprint density at radius 2 is 2.03 bits per heavy atom. The summed E-state index contributed by atoms with van der Waals surface area (Å²) in [6, 6.07) is 11.9. The summed E-state index contributed by atoms with van der Waals surface area (Å²) < 4.78 is 11.3. The van der Waals surface area contributed by atoms with Crippen LogP contribution >= 0.6 is 11.3 Å². The molecule has 1 atom stereocenters. The van der Waals surface area contributed by atoms with E-state index in [1.165, 1.54) is 16.2 Å². The Bertz CT molecular complexity index is 1310. The molecule has 1 aliphatic heterocycles. The number of benzene rings is 2. The zero-order valence-corrected chi connectivity index (χ0v) is 16.4. The van der Waals surface area contributed by atoms with E-state index in [-0.39, 0.29) is 11.2 Å². The molecule has 1 amide bonds. The van der Waals surface area contributed by atoms with E-state index in [1.807, 2.05) is 31.2 Å². The van der Waals surface area contributed by atoms with Gasteiger partial charge in [-0.15, -0.1) is 10.2 Å². The Morgan fingerprint density at radius 1 is 1.17 bits per heavy atom. The first-order valence-electron chi connectivity index (χ1n) is 8.89. The third-order valence-corrected chi connectivity index (χ3v) is 5.68. The van der Waals surface area contributed by atoms with E-state index < -0.39 is 11.9 Å². The normalized spacial score (nSPS) is 15.7. The Balaban J connectivity index is 1.83. The number of rotatable bonds is 3. The molecule has 7 nitrogen and oxygen atoms in total. The molecule has 4 aromatic rings. The van der Waals surface area contributed by atoms with Gasteiger partial charge in [-0.1, -0.05) is 35.1 Å². The largest absolute Gasteiger partial charge is 0.497 e. The Morgan fingerprint density at radius 3 is 2.79 bits per heavy atom. The van der Waals surface area contributed by atoms with Crippen molar-refractivity contribution < 1.29 is 13.9 Å². The number of aryl methyl sites for hydroxylation is 1. The topological polar surface area (TPSA) is 85.5 Å². The SMILES string of the molecule is COc1cccc(C2c3c(oc4ccc(C)cc4c3=O)C(=O)N2c2nncs2)c1. The molecule has 1 unspecified atom stereocenters. The highest BCUT2D eigenvalue weighted by Gasteiger charge is 2.45. The molecule has 8 heteroatoms. The van der Waals surface area contributed by atoms with E-state index in [0.29, 0.717) is 27.4 Å². The predicted molar refractivity (Wildman–Crippen MR) is 109 cm³/mol. The molecule has 2 aromatic carbocycles. The van der Waals surface area contributed by atoms with E-state index in [9.17, 15) is 9.59 Å². The second kappa shape index (κ2) is 6.52. The van der Waals surface area contributed by atoms with Crippen LogP contribution in [0.5, 0.6) is 5.75 Å². The molecular formula is C21H15N3O4S. The lowest BCUT2D eigenvalue weighted by Crippen LogP contribution is -2.29. The maximum Gasteiger partial charge on any atom is 0.297 e. The molecule has 29 heavy (non-hydrogen) atoms. The number of ether oxygens (including phenoxy) is 1. The molecule has 0 aliphatic carbocycles. The van der Waals surface area contributed by atoms with Crippen molar-refractivity contribution in [3.05, 3.63) is 80.6 Å². The van der Waals surface area contributed by atoms with Crippen LogP contribution in [0.3, 0.4) is 0 Å². The predicted octanol–water partition coefficient (Wildman–Crippen LogP) is 3.71. The van der Waals surface area contributed by atoms with Crippen molar-refractivity contribution in [1.82, 2.24) is 10.2 Å². The highest BCUT2D eigenvalue weighted by molar-refractivity contribution is 7.13. The molecule has 0 radical (unpaired) electrons. The van der Waals surface area contributed by atoms with Gasteiger partial charge >= 0.3 is 0 Å². The van der Waals surface area contributed by atoms with Crippen molar-refractivity contribution in [2.45, 2.75) is 13.0 Å². The second-order valence-corrected chi connectivity index (χ2v) is 7.56. The third-order valence-electron chi connectivity index (χ3n) is 4.99. The van der Waals surface area contributed by atoms with Crippen LogP contribution in [0.2, 0.25) is 0 Å². The van der Waals surface area contributed by atoms with Gasteiger partial charge in [0.1, 0.15) is 16.8 Å². The summed E-state index contributed by atoms with van der Waals surface area (Å²) in [4.78, 5) is 28.2. The number of carbonyl (C=O) groups excluding carboxylic acids is 1. The van der Waals surface area contributed by atoms with Crippen molar-refractivity contribution in [2.75, 3.05) is 12.0 Å². The molecule has 0 fully saturated rings. The summed E-state index contributed by atoms with van der Waals surface area (Å²) in [5.74, 6) is 0.250. The van der Waals surface area contributed by atoms with Gasteiger partial charge in [-0.3, -0.25) is 14.5 Å². The second-order valence-electron chi connectivity index (χ2n) is 6.75. The highest BCUT2D eigenvalue weighted by Crippen LogP contribution is 2.42. The first kappa shape index (κ1) is 17.6. The van der Waals surface area contributed by atoms with Crippen molar-refractivity contribution >= 4 is 33.3 Å². The van der Waals surface area contributed by atoms with Gasteiger partial charge < -0.3 is 9.15 Å². The summed E-state index contributed by atoms with van der Waals surface area (Å²) in [5.41, 5.74) is 3.67. The van der Waals surface area contributed by atoms with Gasteiger partial charge in [0.05, 0.1) is 24.1 Å². The number of methoxy groups -OCH3 is 1. The fraction of sp³-hybridized carbons (Fsp3) is 0.143. The van der Waals surface area contributed by atoms with Crippen molar-refractivity contribution in [2.24, 2.45) is 0 Å². The van der Waals surface area contributed by atoms with E-state index in [4.69, 9.17) is 9.15 Å². The number of fused-ring (bicyclic) bond motifs is 2. The quantitative estimate of drug-likeness (QED) is 0.517. The van der Waals surface area contributed by atoms with Crippen LogP contribution in [0, 0.1) is 6.92 Å². The van der Waals surface area contributed by atoms with Crippen molar-refractivity contribution in [1.29, 1.82) is 0 Å². The number of hydrogen-bond acceptors (Lipinski definition) is 7. The first-order valence-corrected chi connectivity index (χ1v) is 9.77. The van der Waals surface area contributed by atoms with E-state index >= 15 is 0 Å². The number of anilines is 1. The summed E-state index contributed by atoms with van der Waals surface area (Å²) in [7, 11) is 1.57. The van der Waals surface area contributed by atoms with Gasteiger partial charge in [-0.05, 0) is 36.8 Å². The van der Waals surface area contributed by atoms with Gasteiger partial charge in [0.15, 0.2) is 5.43 Å². The minimum atomic E-state index is -0.679. The zero-order chi connectivity index (χ0) is 20.1. The molecule has 0 saturated carbocycles. The fourth-order valence-electron chi connectivity index (χ4n) is 3.68. The lowest BCUT2D eigenvalue weighted by atomic mass is 9.98. The van der Waals surface area contributed by atoms with Crippen LogP contribution in [0.4, 0.5) is 5.13 Å². The number of hydrogen-bond donors (Lipinski definition) is 0. The Labute approximate surface area is 169 Å². The summed E-state index contributed by atoms with van der Waals surface area (Å²) in [6.07, 6.45) is 0. The van der Waals surface area contributed by atoms with Gasteiger partial charge in [-0.25, -0.2) is 0 Å². The first-order chi connectivity index (χ1) is 14.1. The zero-order valence-electron chi connectivity index (χ0n) is 15.6. The van der Waals surface area contributed by atoms with Crippen LogP contribution in [-0.2, 0) is 0 Å². The monoisotopic (exact) mass is 405 g/mol. The van der Waals surface area contributed by atoms with E-state index in [2.05, 4.69) is 10.2 Å². The lowest BCUT2D eigenvalue weighted by Gasteiger charge is -2.22. The summed E-state index contributed by atoms with van der Waals surface area (Å²) >= 11 is 1.22. The maximum atomic E-state index is 13.5. The molecule has 0 spiro atoms. The smallest absolute Gasteiger partial charge is 0.297 e. The summed E-state index contributed by atoms with van der Waals surface area (Å²) in [6.45, 7) is 1.91. The Hall–Kier alpha value is -3.52. The summed E-state index contributed by atoms with van der Waals surface area (Å²) in [5, 5.41) is 8.76. The number of aromatic nitrogens is 2. The fourth-order valence-corrected chi connectivity index (χ4v) is 4.27. The molecular weight excluding hydrogens is 390 g/mol. The van der Waals surface area contributed by atoms with Crippen LogP contribution < -0.4 is 15.1 Å². The van der Waals surface area contributed by atoms with E-state index in [1.54, 1.807) is 30.8 Å². The van der Waals surface area contributed by atoms with Crippen LogP contribution in [0.1, 0.15) is 33.3 Å². The average Bonchev–Trinajstić information content (AvgIpc) is 3.35. The van der Waals surface area contributed by atoms with Crippen LogP contribution in [0.25, 0.3) is 11.0 Å². The number of amides is 1. The van der Waals surface area contributed by atoms with Crippen molar-refractivity contribution in [3.8, 4) is 5.75 Å². The third kappa shape index (κ3) is 2.64. The van der Waals surface area contributed by atoms with Gasteiger partial charge in [0.25, 0.3) is 5.91 Å². The van der Waals surface area contributed by atoms with Gasteiger partial charge in [0, 0.05) is 0 Å². The van der Waals surface area contributed by atoms with Crippen molar-refractivity contribution in [3.63, 3.8) is 0 Å². The molecule has 2 aromatic heterocycles. The average molecular weight is 405 g/mol. The minimum Gasteiger partial charge on any atom is -0.497 e. The molecule has 0 N–H and O–H groups in total. The molecule has 0 bridgehead atoms. The van der Waals surface area contributed by atoms with Gasteiger partial charge in [-0.2, -0.15) is 0 Å². The molecule has 144 valence electrons. The van der Waals surface area contributed by atoms with Gasteiger partial charge in [0.2, 0.25) is 10.9 Å². The minimum absolute atomic E-state index is 0.0365. The van der Waals surface area contributed by atoms with Crippen LogP contribution in [-0.4, -0.2) is 23.2 Å². The van der Waals surface area contributed by atoms with E-state index in [0.717, 1.165) is 11.1 Å². The standard InChI is InChI=1S/C21H15N3O4S/c1-11-6-7-15-14(8-11)18(25)16-17(12-4-3-5-13(9-12)27-2)24(20(26)19(16)28-15)21-23-22-10-29-21/h3-10,17H,1-2H3. The molecule has 0 saturated heterocycles. The molecule has 5 rings (SSSR count). The highest BCUT2D eigenvalue weighted by atomic mass is 32.1. The maximum absolute atomic E-state index is 13.5.